The van der Waals surface area contributed by atoms with Gasteiger partial charge in [-0.25, -0.2) is 4.99 Å². The number of aliphatic hydroxyl groups is 1. The van der Waals surface area contributed by atoms with E-state index in [1.54, 1.807) is 25.3 Å². The quantitative estimate of drug-likeness (QED) is 0.290. The number of anilines is 1. The minimum absolute atomic E-state index is 0. The lowest BCUT2D eigenvalue weighted by Gasteiger charge is -2.28. The summed E-state index contributed by atoms with van der Waals surface area (Å²) in [4.78, 5) is 7.08. The Morgan fingerprint density at radius 2 is 1.93 bits per heavy atom. The Morgan fingerprint density at radius 3 is 2.55 bits per heavy atom. The molecule has 2 aromatic rings. The molecule has 1 aromatic carbocycles. The van der Waals surface area contributed by atoms with Crippen molar-refractivity contribution in [2.24, 2.45) is 4.99 Å². The van der Waals surface area contributed by atoms with Crippen molar-refractivity contribution in [3.8, 4) is 0 Å². The van der Waals surface area contributed by atoms with E-state index in [0.717, 1.165) is 25.2 Å². The summed E-state index contributed by atoms with van der Waals surface area (Å²) in [5, 5.41) is 17.0. The number of halogens is 1. The first kappa shape index (κ1) is 23.9. The van der Waals surface area contributed by atoms with E-state index in [-0.39, 0.29) is 24.0 Å². The zero-order valence-electron chi connectivity index (χ0n) is 17.1. The van der Waals surface area contributed by atoms with Gasteiger partial charge in [0.15, 0.2) is 5.96 Å². The van der Waals surface area contributed by atoms with Crippen molar-refractivity contribution in [1.29, 1.82) is 0 Å². The normalized spacial score (nSPS) is 16.7. The van der Waals surface area contributed by atoms with Crippen LogP contribution in [0.5, 0.6) is 0 Å². The van der Waals surface area contributed by atoms with E-state index in [1.807, 2.05) is 18.7 Å². The largest absolute Gasteiger partial charge is 0.466 e. The molecule has 1 aliphatic rings. The fourth-order valence-electron chi connectivity index (χ4n) is 3.07. The molecule has 1 aromatic heterocycles. The molecule has 3 rings (SSSR count). The van der Waals surface area contributed by atoms with Gasteiger partial charge in [-0.05, 0) is 43.7 Å². The highest BCUT2D eigenvalue weighted by Gasteiger charge is 2.26. The first-order valence-corrected chi connectivity index (χ1v) is 10.9. The third-order valence-electron chi connectivity index (χ3n) is 4.73. The molecule has 1 unspecified atom stereocenters. The Hall–Kier alpha value is -1.39. The molecule has 0 bridgehead atoms. The Kier molecular flexibility index (Phi) is 9.64. The van der Waals surface area contributed by atoms with Crippen LogP contribution >= 0.6 is 35.7 Å². The van der Waals surface area contributed by atoms with Gasteiger partial charge in [0.1, 0.15) is 11.4 Å². The zero-order chi connectivity index (χ0) is 19.8. The van der Waals surface area contributed by atoms with Crippen molar-refractivity contribution in [1.82, 2.24) is 10.6 Å². The molecule has 2 heterocycles. The molecule has 0 spiro atoms. The predicted octanol–water partition coefficient (Wildman–Crippen LogP) is 3.41. The van der Waals surface area contributed by atoms with Crippen molar-refractivity contribution in [2.75, 3.05) is 42.6 Å². The van der Waals surface area contributed by atoms with Crippen molar-refractivity contribution < 1.29 is 9.52 Å². The number of thioether (sulfide) groups is 1. The van der Waals surface area contributed by atoms with Crippen LogP contribution in [0.4, 0.5) is 5.69 Å². The van der Waals surface area contributed by atoms with Gasteiger partial charge in [-0.1, -0.05) is 12.1 Å². The molecule has 6 nitrogen and oxygen atoms in total. The predicted molar refractivity (Wildman–Crippen MR) is 132 cm³/mol. The Labute approximate surface area is 194 Å². The summed E-state index contributed by atoms with van der Waals surface area (Å²) in [6.45, 7) is 7.61. The van der Waals surface area contributed by atoms with Gasteiger partial charge in [-0.3, -0.25) is 0 Å². The van der Waals surface area contributed by atoms with Crippen LogP contribution in [0.15, 0.2) is 52.1 Å². The minimum atomic E-state index is -1.10. The monoisotopic (exact) mass is 530 g/mol. The van der Waals surface area contributed by atoms with Crippen LogP contribution in [0.2, 0.25) is 0 Å². The smallest absolute Gasteiger partial charge is 0.191 e. The van der Waals surface area contributed by atoms with E-state index < -0.39 is 5.60 Å². The molecule has 1 aliphatic heterocycles. The molecule has 0 radical (unpaired) electrons. The summed E-state index contributed by atoms with van der Waals surface area (Å²) < 4.78 is 5.33. The third-order valence-corrected chi connectivity index (χ3v) is 5.67. The third kappa shape index (κ3) is 7.11. The van der Waals surface area contributed by atoms with Gasteiger partial charge in [-0.15, -0.1) is 24.0 Å². The highest BCUT2D eigenvalue weighted by Crippen LogP contribution is 2.21. The number of furan rings is 1. The number of benzene rings is 1. The molecule has 160 valence electrons. The number of guanidine groups is 1. The fourth-order valence-corrected chi connectivity index (χ4v) is 3.98. The van der Waals surface area contributed by atoms with Crippen LogP contribution < -0.4 is 15.5 Å². The summed E-state index contributed by atoms with van der Waals surface area (Å²) >= 11 is 2.02. The minimum Gasteiger partial charge on any atom is -0.466 e. The lowest BCUT2D eigenvalue weighted by atomic mass is 10.0. The van der Waals surface area contributed by atoms with E-state index in [4.69, 9.17) is 4.42 Å². The van der Waals surface area contributed by atoms with Crippen molar-refractivity contribution in [2.45, 2.75) is 26.0 Å². The van der Waals surface area contributed by atoms with E-state index in [1.165, 1.54) is 17.2 Å². The van der Waals surface area contributed by atoms with Crippen LogP contribution in [-0.4, -0.2) is 48.8 Å². The van der Waals surface area contributed by atoms with Crippen LogP contribution in [0.1, 0.15) is 25.2 Å². The number of hydrogen-bond acceptors (Lipinski definition) is 5. The number of rotatable bonds is 7. The topological polar surface area (TPSA) is 73.0 Å². The molecule has 0 amide bonds. The first-order valence-electron chi connectivity index (χ1n) is 9.78. The molecule has 3 N–H and O–H groups in total. The van der Waals surface area contributed by atoms with Crippen molar-refractivity contribution >= 4 is 47.4 Å². The molecule has 1 fully saturated rings. The van der Waals surface area contributed by atoms with Crippen LogP contribution in [-0.2, 0) is 12.1 Å². The Bertz CT molecular complexity index is 745. The van der Waals surface area contributed by atoms with Gasteiger partial charge in [-0.2, -0.15) is 11.8 Å². The second-order valence-corrected chi connectivity index (χ2v) is 8.29. The zero-order valence-corrected chi connectivity index (χ0v) is 20.2. The molecule has 8 heteroatoms. The van der Waals surface area contributed by atoms with E-state index in [9.17, 15) is 5.11 Å². The summed E-state index contributed by atoms with van der Waals surface area (Å²) in [6, 6.07) is 12.2. The second-order valence-electron chi connectivity index (χ2n) is 7.07. The molecular formula is C21H31IN4O2S. The molecule has 0 aliphatic carbocycles. The lowest BCUT2D eigenvalue weighted by molar-refractivity contribution is 0.0386. The van der Waals surface area contributed by atoms with E-state index in [2.05, 4.69) is 44.8 Å². The standard InChI is InChI=1S/C21H30N4O2S.HI/c1-3-22-20(24-16-21(2,26)19-5-4-12-27-19)23-15-17-6-8-18(9-7-17)25-10-13-28-14-11-25;/h4-9,12,26H,3,10-11,13-16H2,1-2H3,(H2,22,23,24);1H. The molecular weight excluding hydrogens is 499 g/mol. The van der Waals surface area contributed by atoms with E-state index >= 15 is 0 Å². The second kappa shape index (κ2) is 11.7. The van der Waals surface area contributed by atoms with Crippen LogP contribution in [0.3, 0.4) is 0 Å². The number of hydrogen-bond donors (Lipinski definition) is 3. The SMILES string of the molecule is CCNC(=NCc1ccc(N2CCSCC2)cc1)NCC(C)(O)c1ccco1.I. The maximum absolute atomic E-state index is 10.6. The van der Waals surface area contributed by atoms with Gasteiger partial charge >= 0.3 is 0 Å². The summed E-state index contributed by atoms with van der Waals surface area (Å²) in [7, 11) is 0. The highest BCUT2D eigenvalue weighted by molar-refractivity contribution is 14.0. The summed E-state index contributed by atoms with van der Waals surface area (Å²) in [5.41, 5.74) is 1.34. The van der Waals surface area contributed by atoms with Gasteiger partial charge in [0.25, 0.3) is 0 Å². The summed E-state index contributed by atoms with van der Waals surface area (Å²) in [6.07, 6.45) is 1.56. The maximum atomic E-state index is 10.6. The Morgan fingerprint density at radius 1 is 1.21 bits per heavy atom. The van der Waals surface area contributed by atoms with Gasteiger partial charge in [0.05, 0.1) is 19.4 Å². The van der Waals surface area contributed by atoms with Gasteiger partial charge < -0.3 is 25.1 Å². The van der Waals surface area contributed by atoms with Crippen molar-refractivity contribution in [3.05, 3.63) is 54.0 Å². The molecule has 29 heavy (non-hydrogen) atoms. The first-order chi connectivity index (χ1) is 13.6. The average Bonchev–Trinajstić information content (AvgIpc) is 3.27. The fraction of sp³-hybridized carbons (Fsp3) is 0.476. The van der Waals surface area contributed by atoms with Gasteiger partial charge in [0.2, 0.25) is 0 Å². The number of nitrogens with one attached hydrogen (secondary N) is 2. The van der Waals surface area contributed by atoms with Crippen LogP contribution in [0, 0.1) is 0 Å². The number of nitrogens with zero attached hydrogens (tertiary/aromatic N) is 2. The van der Waals surface area contributed by atoms with E-state index in [0.29, 0.717) is 24.8 Å². The number of aliphatic imine (C=N–C) groups is 1. The summed E-state index contributed by atoms with van der Waals surface area (Å²) in [5.74, 6) is 3.60. The van der Waals surface area contributed by atoms with Crippen LogP contribution in [0.25, 0.3) is 0 Å². The molecule has 0 saturated carbocycles. The lowest BCUT2D eigenvalue weighted by Crippen LogP contribution is -2.44. The van der Waals surface area contributed by atoms with Crippen molar-refractivity contribution in [3.63, 3.8) is 0 Å². The molecule has 1 atom stereocenters. The Balaban J connectivity index is 0.00000300. The highest BCUT2D eigenvalue weighted by atomic mass is 127. The maximum Gasteiger partial charge on any atom is 0.191 e. The molecule has 1 saturated heterocycles. The average molecular weight is 530 g/mol. The van der Waals surface area contributed by atoms with Gasteiger partial charge in [0, 0.05) is 36.8 Å².